The van der Waals surface area contributed by atoms with Crippen LogP contribution in [0.15, 0.2) is 66.2 Å². The fraction of sp³-hybridized carbons (Fsp3) is 0.0500. The van der Waals surface area contributed by atoms with Gasteiger partial charge in [0.25, 0.3) is 11.8 Å². The summed E-state index contributed by atoms with van der Waals surface area (Å²) in [4.78, 5) is 29.3. The van der Waals surface area contributed by atoms with Crippen molar-refractivity contribution in [3.63, 3.8) is 0 Å². The Kier molecular flexibility index (Phi) is 4.33. The molecule has 2 aliphatic heterocycles. The molecule has 2 aliphatic rings. The fourth-order valence-electron chi connectivity index (χ4n) is 3.11. The number of hydrogen-bond acceptors (Lipinski definition) is 5. The van der Waals surface area contributed by atoms with Crippen molar-refractivity contribution in [3.8, 4) is 5.75 Å². The Morgan fingerprint density at radius 2 is 1.78 bits per heavy atom. The topological polar surface area (TPSA) is 49.9 Å². The number of anilines is 2. The van der Waals surface area contributed by atoms with E-state index in [2.05, 4.69) is 6.58 Å². The van der Waals surface area contributed by atoms with E-state index in [4.69, 9.17) is 17.0 Å². The number of carbonyl (C=O) groups is 2. The maximum atomic E-state index is 13.1. The molecule has 0 spiro atoms. The van der Waals surface area contributed by atoms with Gasteiger partial charge in [0.15, 0.2) is 4.32 Å². The molecule has 7 heteroatoms. The number of rotatable bonds is 3. The molecule has 2 aromatic rings. The molecule has 0 radical (unpaired) electrons. The molecule has 0 atom stereocenters. The molecule has 1 saturated heterocycles. The number of para-hydroxylation sites is 1. The number of fused-ring (bicyclic) bond motifs is 1. The Morgan fingerprint density at radius 1 is 1.07 bits per heavy atom. The van der Waals surface area contributed by atoms with Crippen LogP contribution in [0.5, 0.6) is 5.75 Å². The number of hydrogen-bond donors (Lipinski definition) is 0. The van der Waals surface area contributed by atoms with Gasteiger partial charge in [-0.05, 0) is 30.3 Å². The summed E-state index contributed by atoms with van der Waals surface area (Å²) in [7, 11) is 1.58. The SMILES string of the molecule is C=CN1C(=O)C(=C2SC(=S)N(c3ccc(OC)cc3)C2=O)c2ccccc21. The van der Waals surface area contributed by atoms with Crippen LogP contribution in [0.25, 0.3) is 5.57 Å². The van der Waals surface area contributed by atoms with Gasteiger partial charge >= 0.3 is 0 Å². The number of thioether (sulfide) groups is 1. The number of methoxy groups -OCH3 is 1. The molecule has 134 valence electrons. The van der Waals surface area contributed by atoms with E-state index >= 15 is 0 Å². The maximum absolute atomic E-state index is 13.1. The van der Waals surface area contributed by atoms with Crippen LogP contribution in [0.1, 0.15) is 5.56 Å². The average Bonchev–Trinajstić information content (AvgIpc) is 3.13. The quantitative estimate of drug-likeness (QED) is 0.583. The van der Waals surface area contributed by atoms with Gasteiger partial charge in [0.05, 0.1) is 29.0 Å². The van der Waals surface area contributed by atoms with Crippen molar-refractivity contribution in [3.05, 3.63) is 71.8 Å². The van der Waals surface area contributed by atoms with E-state index in [0.717, 1.165) is 11.8 Å². The van der Waals surface area contributed by atoms with E-state index < -0.39 is 0 Å². The van der Waals surface area contributed by atoms with Crippen molar-refractivity contribution in [2.24, 2.45) is 0 Å². The lowest BCUT2D eigenvalue weighted by molar-refractivity contribution is -0.114. The summed E-state index contributed by atoms with van der Waals surface area (Å²) < 4.78 is 5.54. The first-order chi connectivity index (χ1) is 13.1. The highest BCUT2D eigenvalue weighted by Gasteiger charge is 2.41. The summed E-state index contributed by atoms with van der Waals surface area (Å²) in [5, 5.41) is 0. The largest absolute Gasteiger partial charge is 0.497 e. The normalized spacial score (nSPS) is 18.9. The lowest BCUT2D eigenvalue weighted by Gasteiger charge is -2.15. The maximum Gasteiger partial charge on any atom is 0.271 e. The molecular formula is C20H14N2O3S2. The molecule has 0 aromatic heterocycles. The first-order valence-electron chi connectivity index (χ1n) is 8.07. The van der Waals surface area contributed by atoms with Gasteiger partial charge in [-0.3, -0.25) is 19.4 Å². The highest BCUT2D eigenvalue weighted by atomic mass is 32.2. The second kappa shape index (κ2) is 6.68. The Balaban J connectivity index is 1.81. The highest BCUT2D eigenvalue weighted by Crippen LogP contribution is 2.45. The third-order valence-corrected chi connectivity index (χ3v) is 5.75. The summed E-state index contributed by atoms with van der Waals surface area (Å²) in [6.07, 6.45) is 1.46. The minimum absolute atomic E-state index is 0.276. The zero-order chi connectivity index (χ0) is 19.1. The van der Waals surface area contributed by atoms with E-state index in [9.17, 15) is 9.59 Å². The zero-order valence-corrected chi connectivity index (χ0v) is 16.0. The van der Waals surface area contributed by atoms with Gasteiger partial charge < -0.3 is 4.74 Å². The standard InChI is InChI=1S/C20H14N2O3S2/c1-3-21-15-7-5-4-6-14(15)16(18(21)23)17-19(24)22(20(26)27-17)12-8-10-13(25-2)11-9-12/h3-11H,1H2,2H3. The average molecular weight is 394 g/mol. The molecule has 5 nitrogen and oxygen atoms in total. The van der Waals surface area contributed by atoms with Crippen LogP contribution >= 0.6 is 24.0 Å². The van der Waals surface area contributed by atoms with E-state index in [1.54, 1.807) is 31.4 Å². The first kappa shape index (κ1) is 17.5. The molecule has 0 bridgehead atoms. The van der Waals surface area contributed by atoms with E-state index in [0.29, 0.717) is 37.5 Å². The predicted octanol–water partition coefficient (Wildman–Crippen LogP) is 3.96. The summed E-state index contributed by atoms with van der Waals surface area (Å²) in [5.41, 5.74) is 2.41. The van der Waals surface area contributed by atoms with Gasteiger partial charge in [0.2, 0.25) is 0 Å². The Morgan fingerprint density at radius 3 is 2.44 bits per heavy atom. The first-order valence-corrected chi connectivity index (χ1v) is 9.29. The van der Waals surface area contributed by atoms with Crippen LogP contribution < -0.4 is 14.5 Å². The summed E-state index contributed by atoms with van der Waals surface area (Å²) in [5.74, 6) is 0.102. The zero-order valence-electron chi connectivity index (χ0n) is 14.3. The van der Waals surface area contributed by atoms with Crippen molar-refractivity contribution in [2.75, 3.05) is 16.9 Å². The van der Waals surface area contributed by atoms with Gasteiger partial charge in [-0.25, -0.2) is 0 Å². The Labute approximate surface area is 165 Å². The predicted molar refractivity (Wildman–Crippen MR) is 112 cm³/mol. The summed E-state index contributed by atoms with van der Waals surface area (Å²) >= 11 is 6.56. The minimum Gasteiger partial charge on any atom is -0.497 e. The van der Waals surface area contributed by atoms with Gasteiger partial charge in [-0.15, -0.1) is 0 Å². The van der Waals surface area contributed by atoms with Crippen LogP contribution in [-0.2, 0) is 9.59 Å². The van der Waals surface area contributed by atoms with Crippen LogP contribution in [-0.4, -0.2) is 23.2 Å². The molecule has 4 rings (SSSR count). The van der Waals surface area contributed by atoms with Crippen LogP contribution in [0.2, 0.25) is 0 Å². The summed E-state index contributed by atoms with van der Waals surface area (Å²) in [6, 6.07) is 14.4. The number of carbonyl (C=O) groups excluding carboxylic acids is 2. The highest BCUT2D eigenvalue weighted by molar-refractivity contribution is 8.27. The monoisotopic (exact) mass is 394 g/mol. The smallest absolute Gasteiger partial charge is 0.271 e. The van der Waals surface area contributed by atoms with Crippen LogP contribution in [0, 0.1) is 0 Å². The lowest BCUT2D eigenvalue weighted by atomic mass is 10.1. The van der Waals surface area contributed by atoms with Crippen molar-refractivity contribution in [1.29, 1.82) is 0 Å². The van der Waals surface area contributed by atoms with Gasteiger partial charge in [-0.2, -0.15) is 0 Å². The lowest BCUT2D eigenvalue weighted by Crippen LogP contribution is -2.28. The molecule has 0 unspecified atom stereocenters. The van der Waals surface area contributed by atoms with Crippen molar-refractivity contribution in [2.45, 2.75) is 0 Å². The number of amides is 2. The van der Waals surface area contributed by atoms with Crippen molar-refractivity contribution < 1.29 is 14.3 Å². The van der Waals surface area contributed by atoms with Crippen LogP contribution in [0.4, 0.5) is 11.4 Å². The third-order valence-electron chi connectivity index (χ3n) is 4.38. The molecule has 2 aromatic carbocycles. The fourth-order valence-corrected chi connectivity index (χ4v) is 4.48. The molecule has 2 amide bonds. The second-order valence-corrected chi connectivity index (χ2v) is 7.43. The molecule has 1 fully saturated rings. The number of nitrogens with zero attached hydrogens (tertiary/aromatic N) is 2. The molecule has 27 heavy (non-hydrogen) atoms. The molecular weight excluding hydrogens is 380 g/mol. The van der Waals surface area contributed by atoms with E-state index in [1.807, 2.05) is 24.3 Å². The van der Waals surface area contributed by atoms with Crippen molar-refractivity contribution >= 4 is 57.1 Å². The number of benzene rings is 2. The van der Waals surface area contributed by atoms with Gasteiger partial charge in [0.1, 0.15) is 5.75 Å². The summed E-state index contributed by atoms with van der Waals surface area (Å²) in [6.45, 7) is 3.71. The Hall–Kier alpha value is -2.90. The molecule has 0 saturated carbocycles. The van der Waals surface area contributed by atoms with E-state index in [1.165, 1.54) is 16.0 Å². The second-order valence-electron chi connectivity index (χ2n) is 5.79. The molecule has 0 N–H and O–H groups in total. The minimum atomic E-state index is -0.306. The van der Waals surface area contributed by atoms with Crippen molar-refractivity contribution in [1.82, 2.24) is 0 Å². The van der Waals surface area contributed by atoms with Gasteiger partial charge in [0, 0.05) is 11.8 Å². The van der Waals surface area contributed by atoms with E-state index in [-0.39, 0.29) is 11.8 Å². The third kappa shape index (κ3) is 2.67. The molecule has 2 heterocycles. The van der Waals surface area contributed by atoms with Crippen LogP contribution in [0.3, 0.4) is 0 Å². The van der Waals surface area contributed by atoms with Gasteiger partial charge in [-0.1, -0.05) is 48.8 Å². The molecule has 0 aliphatic carbocycles. The number of ether oxygens (including phenoxy) is 1. The number of thiocarbonyl (C=S) groups is 1. The Bertz CT molecular complexity index is 1030.